The molecule has 2 aliphatic rings. The SMILES string of the molecule is CCCCC(=O)c1cc(OC(=O)c2ccc3c(c2)C(=O)OC3=O)ccc1OC(=O)c1ccc2c(c1)C(=O)OC2=O. The third-order valence-electron chi connectivity index (χ3n) is 6.18. The molecule has 40 heavy (non-hydrogen) atoms. The minimum atomic E-state index is -0.899. The topological polar surface area (TPSA) is 156 Å². The van der Waals surface area contributed by atoms with E-state index in [0.29, 0.717) is 6.42 Å². The smallest absolute Gasteiger partial charge is 0.346 e. The van der Waals surface area contributed by atoms with Gasteiger partial charge in [0.05, 0.1) is 38.9 Å². The highest BCUT2D eigenvalue weighted by Gasteiger charge is 2.32. The molecule has 5 rings (SSSR count). The number of carbonyl (C=O) groups excluding carboxylic acids is 7. The number of hydrogen-bond donors (Lipinski definition) is 0. The Bertz CT molecular complexity index is 1660. The minimum absolute atomic E-state index is 0.0222. The average molecular weight is 542 g/mol. The van der Waals surface area contributed by atoms with E-state index in [1.807, 2.05) is 6.92 Å². The Morgan fingerprint density at radius 3 is 1.73 bits per heavy atom. The fourth-order valence-corrected chi connectivity index (χ4v) is 4.10. The van der Waals surface area contributed by atoms with Gasteiger partial charge in [0.15, 0.2) is 5.78 Å². The quantitative estimate of drug-likeness (QED) is 0.175. The first-order valence-electron chi connectivity index (χ1n) is 12.1. The predicted octanol–water partition coefficient (Wildman–Crippen LogP) is 4.12. The van der Waals surface area contributed by atoms with Crippen molar-refractivity contribution in [3.05, 3.63) is 93.5 Å². The Morgan fingerprint density at radius 2 is 1.18 bits per heavy atom. The van der Waals surface area contributed by atoms with Crippen LogP contribution in [0.4, 0.5) is 0 Å². The Kier molecular flexibility index (Phi) is 6.78. The van der Waals surface area contributed by atoms with Gasteiger partial charge in [-0.25, -0.2) is 28.8 Å². The number of rotatable bonds is 8. The first kappa shape index (κ1) is 26.2. The second kappa shape index (κ2) is 10.4. The van der Waals surface area contributed by atoms with Crippen LogP contribution in [-0.4, -0.2) is 41.6 Å². The molecule has 200 valence electrons. The lowest BCUT2D eigenvalue weighted by molar-refractivity contribution is 0.0425. The number of carbonyl (C=O) groups is 7. The molecule has 0 fully saturated rings. The van der Waals surface area contributed by atoms with Gasteiger partial charge in [0.25, 0.3) is 0 Å². The van der Waals surface area contributed by atoms with Crippen molar-refractivity contribution in [3.63, 3.8) is 0 Å². The number of fused-ring (bicyclic) bond motifs is 2. The summed E-state index contributed by atoms with van der Waals surface area (Å²) >= 11 is 0. The summed E-state index contributed by atoms with van der Waals surface area (Å²) in [6, 6.07) is 11.3. The number of cyclic esters (lactones) is 4. The molecule has 0 spiro atoms. The molecule has 0 aliphatic carbocycles. The molecule has 3 aromatic carbocycles. The molecule has 11 nitrogen and oxygen atoms in total. The largest absolute Gasteiger partial charge is 0.423 e. The normalized spacial score (nSPS) is 13.3. The van der Waals surface area contributed by atoms with Crippen molar-refractivity contribution in [3.8, 4) is 11.5 Å². The second-order valence-electron chi connectivity index (χ2n) is 8.84. The molecule has 0 atom stereocenters. The number of ketones is 1. The number of benzene rings is 3. The summed E-state index contributed by atoms with van der Waals surface area (Å²) < 4.78 is 19.9. The van der Waals surface area contributed by atoms with Gasteiger partial charge in [-0.15, -0.1) is 0 Å². The predicted molar refractivity (Wildman–Crippen MR) is 133 cm³/mol. The van der Waals surface area contributed by atoms with Gasteiger partial charge in [-0.1, -0.05) is 13.3 Å². The van der Waals surface area contributed by atoms with Crippen LogP contribution in [0.3, 0.4) is 0 Å². The maximum absolute atomic E-state index is 13.0. The number of hydrogen-bond acceptors (Lipinski definition) is 11. The standard InChI is InChI=1S/C29H18O11/c1-2-3-4-22(30)21-13-16(37-24(31)14-5-8-17-19(11-14)28(35)39-26(17)33)7-10-23(21)38-25(32)15-6-9-18-20(12-15)29(36)40-27(18)34/h5-13H,2-4H2,1H3. The summed E-state index contributed by atoms with van der Waals surface area (Å²) in [5, 5.41) is 0. The van der Waals surface area contributed by atoms with Crippen LogP contribution < -0.4 is 9.47 Å². The van der Waals surface area contributed by atoms with Crippen molar-refractivity contribution in [2.45, 2.75) is 26.2 Å². The van der Waals surface area contributed by atoms with E-state index >= 15 is 0 Å². The third kappa shape index (κ3) is 4.87. The number of unbranched alkanes of at least 4 members (excludes halogenated alkanes) is 1. The van der Waals surface area contributed by atoms with E-state index < -0.39 is 35.8 Å². The molecule has 0 unspecified atom stereocenters. The van der Waals surface area contributed by atoms with Crippen LogP contribution in [0, 0.1) is 0 Å². The minimum Gasteiger partial charge on any atom is -0.423 e. The molecule has 0 saturated heterocycles. The van der Waals surface area contributed by atoms with Gasteiger partial charge in [-0.05, 0) is 61.0 Å². The van der Waals surface area contributed by atoms with E-state index in [1.54, 1.807) is 0 Å². The van der Waals surface area contributed by atoms with Gasteiger partial charge < -0.3 is 18.9 Å². The molecule has 11 heteroatoms. The van der Waals surface area contributed by atoms with Crippen LogP contribution in [0.1, 0.15) is 98.7 Å². The van der Waals surface area contributed by atoms with Crippen LogP contribution in [0.15, 0.2) is 54.6 Å². The molecular formula is C29H18O11. The molecular weight excluding hydrogens is 524 g/mol. The highest BCUT2D eigenvalue weighted by atomic mass is 16.6. The van der Waals surface area contributed by atoms with Crippen LogP contribution in [-0.2, 0) is 9.47 Å². The van der Waals surface area contributed by atoms with Crippen LogP contribution in [0.5, 0.6) is 11.5 Å². The van der Waals surface area contributed by atoms with Gasteiger partial charge >= 0.3 is 35.8 Å². The van der Waals surface area contributed by atoms with E-state index in [9.17, 15) is 33.6 Å². The Morgan fingerprint density at radius 1 is 0.650 bits per heavy atom. The fraction of sp³-hybridized carbons (Fsp3) is 0.138. The highest BCUT2D eigenvalue weighted by molar-refractivity contribution is 6.16. The summed E-state index contributed by atoms with van der Waals surface area (Å²) in [7, 11) is 0. The van der Waals surface area contributed by atoms with Crippen LogP contribution in [0.25, 0.3) is 0 Å². The zero-order valence-electron chi connectivity index (χ0n) is 20.8. The maximum Gasteiger partial charge on any atom is 0.346 e. The molecule has 3 aromatic rings. The third-order valence-corrected chi connectivity index (χ3v) is 6.18. The Balaban J connectivity index is 1.39. The molecule has 2 aliphatic heterocycles. The van der Waals surface area contributed by atoms with Crippen molar-refractivity contribution in [1.82, 2.24) is 0 Å². The molecule has 0 saturated carbocycles. The summed E-state index contributed by atoms with van der Waals surface area (Å²) in [6.45, 7) is 1.90. The van der Waals surface area contributed by atoms with E-state index in [1.165, 1.54) is 54.6 Å². The van der Waals surface area contributed by atoms with Gasteiger partial charge in [0.1, 0.15) is 11.5 Å². The molecule has 0 amide bonds. The molecule has 0 aromatic heterocycles. The molecule has 0 radical (unpaired) electrons. The fourth-order valence-electron chi connectivity index (χ4n) is 4.10. The molecule has 0 bridgehead atoms. The first-order chi connectivity index (χ1) is 19.2. The lowest BCUT2D eigenvalue weighted by atomic mass is 10.0. The maximum atomic E-state index is 13.0. The van der Waals surface area contributed by atoms with Gasteiger partial charge in [0.2, 0.25) is 0 Å². The number of ether oxygens (including phenoxy) is 4. The summed E-state index contributed by atoms with van der Waals surface area (Å²) in [4.78, 5) is 85.5. The van der Waals surface area contributed by atoms with Crippen LogP contribution in [0.2, 0.25) is 0 Å². The average Bonchev–Trinajstić information content (AvgIpc) is 3.40. The summed E-state index contributed by atoms with van der Waals surface area (Å²) in [6.07, 6.45) is 1.41. The zero-order valence-corrected chi connectivity index (χ0v) is 20.8. The van der Waals surface area contributed by atoms with E-state index in [2.05, 4.69) is 9.47 Å². The summed E-state index contributed by atoms with van der Waals surface area (Å²) in [5.41, 5.74) is -0.203. The zero-order chi connectivity index (χ0) is 28.6. The Labute approximate surface area is 225 Å². The van der Waals surface area contributed by atoms with Crippen molar-refractivity contribution in [2.24, 2.45) is 0 Å². The van der Waals surface area contributed by atoms with E-state index in [0.717, 1.165) is 6.42 Å². The second-order valence-corrected chi connectivity index (χ2v) is 8.84. The Hall–Kier alpha value is -5.45. The lowest BCUT2D eigenvalue weighted by Crippen LogP contribution is -2.14. The van der Waals surface area contributed by atoms with Crippen molar-refractivity contribution < 1.29 is 52.5 Å². The summed E-state index contributed by atoms with van der Waals surface area (Å²) in [5.74, 6) is -5.68. The number of esters is 6. The van der Waals surface area contributed by atoms with Crippen molar-refractivity contribution in [1.29, 1.82) is 0 Å². The lowest BCUT2D eigenvalue weighted by Gasteiger charge is -2.12. The van der Waals surface area contributed by atoms with Gasteiger partial charge in [-0.3, -0.25) is 4.79 Å². The van der Waals surface area contributed by atoms with E-state index in [4.69, 9.17) is 9.47 Å². The number of Topliss-reactive ketones (excluding diaryl/α,β-unsaturated/α-hetero) is 1. The van der Waals surface area contributed by atoms with Crippen molar-refractivity contribution in [2.75, 3.05) is 0 Å². The van der Waals surface area contributed by atoms with Crippen LogP contribution >= 0.6 is 0 Å². The van der Waals surface area contributed by atoms with Gasteiger partial charge in [-0.2, -0.15) is 0 Å². The monoisotopic (exact) mass is 542 g/mol. The molecule has 0 N–H and O–H groups in total. The van der Waals surface area contributed by atoms with E-state index in [-0.39, 0.29) is 62.6 Å². The first-order valence-corrected chi connectivity index (χ1v) is 12.1. The molecule has 2 heterocycles. The van der Waals surface area contributed by atoms with Crippen molar-refractivity contribution >= 4 is 41.6 Å². The highest BCUT2D eigenvalue weighted by Crippen LogP contribution is 2.29. The van der Waals surface area contributed by atoms with Gasteiger partial charge in [0, 0.05) is 6.42 Å².